The molecule has 1 atom stereocenters. The Balaban J connectivity index is 2.50. The Bertz CT molecular complexity index is 515. The van der Waals surface area contributed by atoms with Crippen molar-refractivity contribution in [3.63, 3.8) is 0 Å². The second kappa shape index (κ2) is 9.53. The summed E-state index contributed by atoms with van der Waals surface area (Å²) in [6.45, 7) is 8.72. The molecule has 1 aromatic rings. The highest BCUT2D eigenvalue weighted by molar-refractivity contribution is 6.30. The number of rotatable bonds is 7. The maximum atomic E-state index is 11.9. The molecule has 0 aromatic heterocycles. The summed E-state index contributed by atoms with van der Waals surface area (Å²) in [7, 11) is 0. The van der Waals surface area contributed by atoms with Crippen LogP contribution in [0, 0.1) is 11.8 Å². The third kappa shape index (κ3) is 7.48. The first kappa shape index (κ1) is 19.5. The van der Waals surface area contributed by atoms with Crippen LogP contribution < -0.4 is 16.0 Å². The summed E-state index contributed by atoms with van der Waals surface area (Å²) in [5.74, 6) is 0.272. The van der Waals surface area contributed by atoms with Crippen molar-refractivity contribution in [2.45, 2.75) is 33.7 Å². The van der Waals surface area contributed by atoms with Gasteiger partial charge in [0.25, 0.3) is 0 Å². The molecule has 1 rings (SSSR count). The monoisotopic (exact) mass is 339 g/mol. The molecule has 0 heterocycles. The summed E-state index contributed by atoms with van der Waals surface area (Å²) >= 11 is 5.90. The van der Waals surface area contributed by atoms with E-state index in [9.17, 15) is 9.59 Å². The van der Waals surface area contributed by atoms with Gasteiger partial charge in [0.1, 0.15) is 0 Å². The van der Waals surface area contributed by atoms with Crippen LogP contribution >= 0.6 is 11.6 Å². The predicted octanol–water partition coefficient (Wildman–Crippen LogP) is 3.11. The van der Waals surface area contributed by atoms with Crippen LogP contribution in [0.4, 0.5) is 4.79 Å². The predicted molar refractivity (Wildman–Crippen MR) is 93.4 cm³/mol. The van der Waals surface area contributed by atoms with Gasteiger partial charge in [-0.2, -0.15) is 0 Å². The first-order valence-electron chi connectivity index (χ1n) is 7.86. The second-order valence-electron chi connectivity index (χ2n) is 6.31. The highest BCUT2D eigenvalue weighted by Crippen LogP contribution is 2.22. The molecule has 3 N–H and O–H groups in total. The van der Waals surface area contributed by atoms with Crippen LogP contribution in [0.1, 0.15) is 39.3 Å². The molecule has 6 heteroatoms. The summed E-state index contributed by atoms with van der Waals surface area (Å²) < 4.78 is 0. The smallest absolute Gasteiger partial charge is 0.321 e. The molecular formula is C17H26ClN3O2. The van der Waals surface area contributed by atoms with Gasteiger partial charge in [0.15, 0.2) is 0 Å². The van der Waals surface area contributed by atoms with E-state index in [1.54, 1.807) is 0 Å². The van der Waals surface area contributed by atoms with Crippen molar-refractivity contribution >= 4 is 23.5 Å². The van der Waals surface area contributed by atoms with E-state index in [4.69, 9.17) is 11.6 Å². The van der Waals surface area contributed by atoms with Crippen molar-refractivity contribution in [3.05, 3.63) is 34.9 Å². The number of hydrogen-bond acceptors (Lipinski definition) is 3. The van der Waals surface area contributed by atoms with Crippen LogP contribution in [0.25, 0.3) is 0 Å². The molecular weight excluding hydrogens is 314 g/mol. The van der Waals surface area contributed by atoms with Crippen molar-refractivity contribution < 1.29 is 9.59 Å². The summed E-state index contributed by atoms with van der Waals surface area (Å²) in [6, 6.07) is 7.08. The Hall–Kier alpha value is -1.59. The molecule has 1 unspecified atom stereocenters. The molecule has 0 aliphatic carbocycles. The zero-order valence-electron chi connectivity index (χ0n) is 14.2. The van der Waals surface area contributed by atoms with Crippen LogP contribution in [0.3, 0.4) is 0 Å². The molecule has 0 saturated carbocycles. The van der Waals surface area contributed by atoms with Gasteiger partial charge in [-0.15, -0.1) is 0 Å². The van der Waals surface area contributed by atoms with Gasteiger partial charge in [0.2, 0.25) is 5.91 Å². The van der Waals surface area contributed by atoms with E-state index in [1.165, 1.54) is 0 Å². The minimum absolute atomic E-state index is 0.0109. The van der Waals surface area contributed by atoms with Crippen molar-refractivity contribution in [2.24, 2.45) is 11.8 Å². The maximum absolute atomic E-state index is 11.9. The van der Waals surface area contributed by atoms with E-state index >= 15 is 0 Å². The average Bonchev–Trinajstić information content (AvgIpc) is 2.46. The van der Waals surface area contributed by atoms with Gasteiger partial charge in [0.05, 0.1) is 6.54 Å². The lowest BCUT2D eigenvalue weighted by atomic mass is 9.96. The number of nitrogens with one attached hydrogen (secondary N) is 3. The lowest BCUT2D eigenvalue weighted by molar-refractivity contribution is -0.119. The van der Waals surface area contributed by atoms with Crippen LogP contribution in [0.5, 0.6) is 0 Å². The first-order chi connectivity index (χ1) is 10.8. The Labute approximate surface area is 143 Å². The molecule has 0 fully saturated rings. The normalized spacial score (nSPS) is 12.3. The van der Waals surface area contributed by atoms with Crippen molar-refractivity contribution in [2.75, 3.05) is 13.1 Å². The summed E-state index contributed by atoms with van der Waals surface area (Å²) in [5.41, 5.74) is 1.06. The fraction of sp³-hybridized carbons (Fsp3) is 0.529. The zero-order chi connectivity index (χ0) is 17.4. The van der Waals surface area contributed by atoms with Gasteiger partial charge in [-0.3, -0.25) is 10.1 Å². The fourth-order valence-corrected chi connectivity index (χ4v) is 2.25. The molecule has 0 bridgehead atoms. The number of halogens is 1. The lowest BCUT2D eigenvalue weighted by Gasteiger charge is -2.22. The van der Waals surface area contributed by atoms with E-state index in [2.05, 4.69) is 29.8 Å². The summed E-state index contributed by atoms with van der Waals surface area (Å²) in [5, 5.41) is 8.83. The van der Waals surface area contributed by atoms with Gasteiger partial charge in [-0.1, -0.05) is 51.4 Å². The molecule has 3 amide bonds. The minimum Gasteiger partial charge on any atom is -0.338 e. The quantitative estimate of drug-likeness (QED) is 0.715. The molecule has 0 saturated heterocycles. The van der Waals surface area contributed by atoms with Crippen molar-refractivity contribution in [1.29, 1.82) is 0 Å². The van der Waals surface area contributed by atoms with E-state index in [0.717, 1.165) is 5.56 Å². The number of carbonyl (C=O) groups excluding carboxylic acids is 2. The molecule has 5 nitrogen and oxygen atoms in total. The molecule has 0 aliphatic heterocycles. The molecule has 0 radical (unpaired) electrons. The molecule has 0 spiro atoms. The first-order valence-corrected chi connectivity index (χ1v) is 8.24. The topological polar surface area (TPSA) is 70.2 Å². The largest absolute Gasteiger partial charge is 0.338 e. The van der Waals surface area contributed by atoms with Gasteiger partial charge in [-0.25, -0.2) is 4.79 Å². The highest BCUT2D eigenvalue weighted by atomic mass is 35.5. The fourth-order valence-electron chi connectivity index (χ4n) is 2.12. The molecule has 23 heavy (non-hydrogen) atoms. The van der Waals surface area contributed by atoms with Crippen LogP contribution in [-0.2, 0) is 4.79 Å². The van der Waals surface area contributed by atoms with E-state index in [0.29, 0.717) is 23.4 Å². The maximum Gasteiger partial charge on any atom is 0.321 e. The molecule has 128 valence electrons. The van der Waals surface area contributed by atoms with Crippen LogP contribution in [0.2, 0.25) is 5.02 Å². The number of imide groups is 1. The van der Waals surface area contributed by atoms with E-state index in [-0.39, 0.29) is 18.5 Å². The minimum atomic E-state index is -0.460. The van der Waals surface area contributed by atoms with Gasteiger partial charge >= 0.3 is 6.03 Å². The SMILES string of the molecule is CC(C)CNC(=O)NC(=O)CNC(c1ccc(Cl)cc1)C(C)C. The van der Waals surface area contributed by atoms with Gasteiger partial charge in [-0.05, 0) is 29.5 Å². The van der Waals surface area contributed by atoms with Crippen molar-refractivity contribution in [3.8, 4) is 0 Å². The van der Waals surface area contributed by atoms with Crippen LogP contribution in [0.15, 0.2) is 24.3 Å². The Morgan fingerprint density at radius 3 is 2.22 bits per heavy atom. The van der Waals surface area contributed by atoms with Crippen molar-refractivity contribution in [1.82, 2.24) is 16.0 Å². The van der Waals surface area contributed by atoms with Gasteiger partial charge < -0.3 is 10.6 Å². The third-order valence-electron chi connectivity index (χ3n) is 3.30. The van der Waals surface area contributed by atoms with E-state index < -0.39 is 6.03 Å². The Morgan fingerprint density at radius 1 is 1.09 bits per heavy atom. The highest BCUT2D eigenvalue weighted by Gasteiger charge is 2.17. The Morgan fingerprint density at radius 2 is 1.70 bits per heavy atom. The van der Waals surface area contributed by atoms with E-state index in [1.807, 2.05) is 38.1 Å². The number of benzene rings is 1. The number of hydrogen-bond donors (Lipinski definition) is 3. The lowest BCUT2D eigenvalue weighted by Crippen LogP contribution is -2.45. The zero-order valence-corrected chi connectivity index (χ0v) is 14.9. The number of amides is 3. The van der Waals surface area contributed by atoms with Crippen LogP contribution in [-0.4, -0.2) is 25.0 Å². The standard InChI is InChI=1S/C17H26ClN3O2/c1-11(2)9-20-17(23)21-15(22)10-19-16(12(3)4)13-5-7-14(18)8-6-13/h5-8,11-12,16,19H,9-10H2,1-4H3,(H2,20,21,22,23). The third-order valence-corrected chi connectivity index (χ3v) is 3.55. The molecule has 1 aromatic carbocycles. The van der Waals surface area contributed by atoms with Gasteiger partial charge in [0, 0.05) is 17.6 Å². The second-order valence-corrected chi connectivity index (χ2v) is 6.74. The average molecular weight is 340 g/mol. The molecule has 0 aliphatic rings. The number of urea groups is 1. The number of carbonyl (C=O) groups is 2. The summed E-state index contributed by atoms with van der Waals surface area (Å²) in [6.07, 6.45) is 0. The Kier molecular flexibility index (Phi) is 8.06. The summed E-state index contributed by atoms with van der Waals surface area (Å²) in [4.78, 5) is 23.4.